The smallest absolute Gasteiger partial charge is 0.343 e. The van der Waals surface area contributed by atoms with E-state index >= 15 is 4.39 Å². The summed E-state index contributed by atoms with van der Waals surface area (Å²) in [5.74, 6) is -5.56. The van der Waals surface area contributed by atoms with Crippen LogP contribution in [0.5, 0.6) is 0 Å². The number of carbonyl (C=O) groups is 8. The number of ether oxygens (including phenoxy) is 3. The van der Waals surface area contributed by atoms with Crippen molar-refractivity contribution >= 4 is 69.6 Å². The number of amides is 7. The number of aliphatic hydroxyl groups is 1. The minimum atomic E-state index is -2.07. The zero-order chi connectivity index (χ0) is 58.6. The fraction of sp³-hybridized carbons (Fsp3) is 0.429. The van der Waals surface area contributed by atoms with Crippen LogP contribution in [0.25, 0.3) is 22.3 Å². The Balaban J connectivity index is 0.734. The lowest BCUT2D eigenvalue weighted by molar-refractivity contribution is -0.172. The molecular weight excluding hydrogens is 1070 g/mol. The molecule has 432 valence electrons. The van der Waals surface area contributed by atoms with E-state index in [1.165, 1.54) is 10.6 Å². The molecule has 25 nitrogen and oxygen atoms in total. The molecule has 4 atom stereocenters. The number of aromatic nitrogens is 2. The Morgan fingerprint density at radius 3 is 2.33 bits per heavy atom. The molecule has 3 aliphatic heterocycles. The van der Waals surface area contributed by atoms with Crippen molar-refractivity contribution in [2.24, 2.45) is 5.92 Å². The number of pyridine rings is 2. The van der Waals surface area contributed by atoms with E-state index in [9.17, 15) is 57.8 Å². The molecule has 2 aromatic heterocycles. The third kappa shape index (κ3) is 11.9. The number of nitrogens with one attached hydrogen (secondary N) is 7. The molecule has 9 rings (SSSR count). The normalized spacial score (nSPS) is 18.1. The van der Waals surface area contributed by atoms with Gasteiger partial charge in [-0.25, -0.2) is 14.2 Å². The Morgan fingerprint density at radius 1 is 0.866 bits per heavy atom. The number of hydrogen-bond donors (Lipinski definition) is 8. The largest absolute Gasteiger partial charge is 0.458 e. The summed E-state index contributed by atoms with van der Waals surface area (Å²) < 4.78 is 33.1. The molecule has 82 heavy (non-hydrogen) atoms. The molecular formula is C56H61FN10O15. The van der Waals surface area contributed by atoms with Gasteiger partial charge in [0.1, 0.15) is 36.6 Å². The number of anilines is 2. The number of halogens is 1. The van der Waals surface area contributed by atoms with Gasteiger partial charge >= 0.3 is 5.97 Å². The van der Waals surface area contributed by atoms with Crippen molar-refractivity contribution in [2.45, 2.75) is 90.1 Å². The van der Waals surface area contributed by atoms with E-state index in [1.54, 1.807) is 57.2 Å². The van der Waals surface area contributed by atoms with Crippen molar-refractivity contribution in [1.82, 2.24) is 41.0 Å². The Bertz CT molecular complexity index is 3560. The van der Waals surface area contributed by atoms with Crippen molar-refractivity contribution in [3.63, 3.8) is 0 Å². The van der Waals surface area contributed by atoms with Crippen LogP contribution in [0, 0.1) is 18.7 Å². The third-order valence-corrected chi connectivity index (χ3v) is 15.2. The number of carbonyl (C=O) groups excluding carboxylic acids is 8. The second kappa shape index (κ2) is 24.5. The van der Waals surface area contributed by atoms with Gasteiger partial charge in [0.15, 0.2) is 5.60 Å². The number of esters is 1. The van der Waals surface area contributed by atoms with Crippen LogP contribution in [0.15, 0.2) is 56.8 Å². The SMILES string of the molecule is CC[C@@]1(O)C(=O)OCc2c1cc1n(c2=O)Cc2c-1nc1cc(F)c(C)c3c1c2[C@@H](Nc1c(NCCOCNC(=O)CNC(=O)[C@H](Cc2ccccc2)NC(=O)CNC(=O)CNC(=O)CCOCCN2C(=O)CC(C)C2=O)c(=O)c1=O)CC3. The second-order valence-electron chi connectivity index (χ2n) is 20.5. The molecule has 26 heteroatoms. The van der Waals surface area contributed by atoms with E-state index in [0.29, 0.717) is 57.4 Å². The topological polar surface area (TPSA) is 341 Å². The fourth-order valence-electron chi connectivity index (χ4n) is 10.7. The van der Waals surface area contributed by atoms with Crippen molar-refractivity contribution < 1.29 is 62.1 Å². The Hall–Kier alpha value is -8.75. The summed E-state index contributed by atoms with van der Waals surface area (Å²) in [5, 5.41) is 30.6. The number of aryl methyl sites for hydroxylation is 1. The van der Waals surface area contributed by atoms with Crippen LogP contribution in [0.4, 0.5) is 15.8 Å². The number of cyclic esters (lactones) is 1. The number of nitrogens with zero attached hydrogens (tertiary/aromatic N) is 3. The van der Waals surface area contributed by atoms with E-state index in [0.717, 1.165) is 10.5 Å². The molecule has 1 saturated heterocycles. The molecule has 0 bridgehead atoms. The van der Waals surface area contributed by atoms with E-state index in [2.05, 4.69) is 37.2 Å². The lowest BCUT2D eigenvalue weighted by Crippen LogP contribution is -2.52. The first-order valence-corrected chi connectivity index (χ1v) is 26.9. The average molecular weight is 1130 g/mol. The molecule has 0 radical (unpaired) electrons. The lowest BCUT2D eigenvalue weighted by Gasteiger charge is -2.31. The number of likely N-dealkylation sites (tertiary alicyclic amines) is 1. The average Bonchev–Trinajstić information content (AvgIpc) is 1.81. The zero-order valence-electron chi connectivity index (χ0n) is 45.2. The van der Waals surface area contributed by atoms with Gasteiger partial charge in [-0.3, -0.25) is 52.8 Å². The molecule has 1 aliphatic carbocycles. The summed E-state index contributed by atoms with van der Waals surface area (Å²) in [6.07, 6.45) is 0.781. The maximum Gasteiger partial charge on any atom is 0.343 e. The summed E-state index contributed by atoms with van der Waals surface area (Å²) >= 11 is 0. The summed E-state index contributed by atoms with van der Waals surface area (Å²) in [4.78, 5) is 147. The molecule has 3 aromatic carbocycles. The molecule has 1 fully saturated rings. The molecule has 0 saturated carbocycles. The standard InChI is InChI=1S/C56H61FN10O15/c1-4-56(79)34-20-39-47-32(25-67(39)54(77)33(34)26-82-55(56)78)46-36(11-10-31-29(3)35(57)21-37(65-47)45(31)46)64-49-48(50(73)51(49)74)58-13-16-81-27-62-42(70)23-61-52(75)38(19-30-8-6-5-7-9-30)63-43(71)24-60-41(69)22-59-40(68)12-15-80-17-14-66-44(72)18-28(2)53(66)76/h5-9,20-21,28,36,38,58,64,79H,4,10-19,22-27H2,1-3H3,(H,59,68)(H,60,69)(H,61,75)(H,62,70)(H,63,71)/t28?,36-,38-,56-/m0/s1. The van der Waals surface area contributed by atoms with Gasteiger partial charge < -0.3 is 61.1 Å². The zero-order valence-corrected chi connectivity index (χ0v) is 45.2. The van der Waals surface area contributed by atoms with Crippen LogP contribution in [0.2, 0.25) is 0 Å². The van der Waals surface area contributed by atoms with E-state index in [4.69, 9.17) is 19.2 Å². The van der Waals surface area contributed by atoms with Crippen LogP contribution in [0.3, 0.4) is 0 Å². The van der Waals surface area contributed by atoms with Crippen LogP contribution in [0.1, 0.15) is 84.5 Å². The van der Waals surface area contributed by atoms with Crippen LogP contribution >= 0.6 is 0 Å². The maximum atomic E-state index is 15.5. The highest BCUT2D eigenvalue weighted by molar-refractivity contribution is 6.03. The predicted octanol–water partition coefficient (Wildman–Crippen LogP) is -0.397. The maximum absolute atomic E-state index is 15.5. The molecule has 5 heterocycles. The summed E-state index contributed by atoms with van der Waals surface area (Å²) in [5.41, 5.74) is 0.262. The van der Waals surface area contributed by atoms with Gasteiger partial charge in [-0.2, -0.15) is 0 Å². The van der Waals surface area contributed by atoms with Gasteiger partial charge in [0, 0.05) is 54.3 Å². The number of benzene rings is 2. The molecule has 8 N–H and O–H groups in total. The van der Waals surface area contributed by atoms with Gasteiger partial charge in [0.2, 0.25) is 41.4 Å². The van der Waals surface area contributed by atoms with Gasteiger partial charge in [0.25, 0.3) is 16.4 Å². The van der Waals surface area contributed by atoms with Crippen LogP contribution in [-0.2, 0) is 84.2 Å². The van der Waals surface area contributed by atoms with Crippen molar-refractivity contribution in [2.75, 3.05) is 69.9 Å². The highest BCUT2D eigenvalue weighted by atomic mass is 19.1. The monoisotopic (exact) mass is 1130 g/mol. The highest BCUT2D eigenvalue weighted by Gasteiger charge is 2.46. The Labute approximate surface area is 466 Å². The third-order valence-electron chi connectivity index (χ3n) is 15.2. The highest BCUT2D eigenvalue weighted by Crippen LogP contribution is 2.47. The van der Waals surface area contributed by atoms with Gasteiger partial charge in [0.05, 0.1) is 81.1 Å². The predicted molar refractivity (Wildman–Crippen MR) is 290 cm³/mol. The van der Waals surface area contributed by atoms with Crippen molar-refractivity contribution in [3.8, 4) is 11.4 Å². The van der Waals surface area contributed by atoms with Gasteiger partial charge in [-0.05, 0) is 54.5 Å². The minimum absolute atomic E-state index is 0.00193. The number of imide groups is 1. The van der Waals surface area contributed by atoms with Crippen molar-refractivity contribution in [3.05, 3.63) is 118 Å². The molecule has 0 spiro atoms. The van der Waals surface area contributed by atoms with Crippen LogP contribution < -0.4 is 53.6 Å². The summed E-state index contributed by atoms with van der Waals surface area (Å²) in [7, 11) is 0. The fourth-order valence-corrected chi connectivity index (χ4v) is 10.7. The lowest BCUT2D eigenvalue weighted by atomic mass is 9.81. The van der Waals surface area contributed by atoms with E-state index < -0.39 is 95.1 Å². The second-order valence-corrected chi connectivity index (χ2v) is 20.5. The van der Waals surface area contributed by atoms with Gasteiger partial charge in [-0.15, -0.1) is 0 Å². The first-order valence-electron chi connectivity index (χ1n) is 26.9. The molecule has 5 aromatic rings. The van der Waals surface area contributed by atoms with Crippen LogP contribution in [-0.4, -0.2) is 132 Å². The Kier molecular flexibility index (Phi) is 17.3. The number of hydrogen-bond acceptors (Lipinski definition) is 18. The Morgan fingerprint density at radius 2 is 1.59 bits per heavy atom. The quantitative estimate of drug-likeness (QED) is 0.0119. The van der Waals surface area contributed by atoms with E-state index in [-0.39, 0.29) is 119 Å². The van der Waals surface area contributed by atoms with E-state index in [1.807, 2.05) is 0 Å². The molecule has 7 amide bonds. The van der Waals surface area contributed by atoms with Gasteiger partial charge in [-0.1, -0.05) is 44.2 Å². The first-order chi connectivity index (χ1) is 39.3. The molecule has 4 aliphatic rings. The van der Waals surface area contributed by atoms with Crippen molar-refractivity contribution in [1.29, 1.82) is 0 Å². The summed E-state index contributed by atoms with van der Waals surface area (Å²) in [6.45, 7) is 2.91. The minimum Gasteiger partial charge on any atom is -0.458 e. The number of fused-ring (bicyclic) bond motifs is 5. The summed E-state index contributed by atoms with van der Waals surface area (Å²) in [6, 6.07) is 9.82. The first kappa shape index (κ1) is 57.9. The number of rotatable bonds is 25. The molecule has 1 unspecified atom stereocenters.